The predicted molar refractivity (Wildman–Crippen MR) is 116 cm³/mol. The van der Waals surface area contributed by atoms with Gasteiger partial charge in [-0.1, -0.05) is 30.3 Å². The van der Waals surface area contributed by atoms with E-state index in [4.69, 9.17) is 5.73 Å². The molecule has 4 rings (SSSR count). The van der Waals surface area contributed by atoms with Crippen molar-refractivity contribution in [3.63, 3.8) is 0 Å². The van der Waals surface area contributed by atoms with Crippen molar-refractivity contribution in [2.24, 2.45) is 17.6 Å². The molecule has 2 aromatic rings. The van der Waals surface area contributed by atoms with Crippen molar-refractivity contribution in [1.29, 1.82) is 5.26 Å². The second-order valence-electron chi connectivity index (χ2n) is 8.11. The molecule has 2 saturated heterocycles. The van der Waals surface area contributed by atoms with Crippen LogP contribution in [0, 0.1) is 36.5 Å². The highest BCUT2D eigenvalue weighted by Crippen LogP contribution is 2.34. The molecule has 2 N–H and O–H groups in total. The Morgan fingerprint density at radius 1 is 1.20 bits per heavy atom. The molecule has 0 bridgehead atoms. The lowest BCUT2D eigenvalue weighted by molar-refractivity contribution is 0.0774. The zero-order valence-corrected chi connectivity index (χ0v) is 17.8. The number of aryl methyl sites for hydroxylation is 1. The summed E-state index contributed by atoms with van der Waals surface area (Å²) in [6.07, 6.45) is 3.28. The number of thiophene rings is 1. The Labute approximate surface area is 180 Å². The normalized spacial score (nSPS) is 20.9. The average Bonchev–Trinajstić information content (AvgIpc) is 3.39. The van der Waals surface area contributed by atoms with Crippen molar-refractivity contribution in [1.82, 2.24) is 9.80 Å². The van der Waals surface area contributed by atoms with E-state index in [-0.39, 0.29) is 16.3 Å². The number of fused-ring (bicyclic) bond motifs is 1. The molecule has 1 aromatic heterocycles. The smallest absolute Gasteiger partial charge is 0.260 e. The quantitative estimate of drug-likeness (QED) is 0.776. The van der Waals surface area contributed by atoms with E-state index >= 15 is 0 Å². The van der Waals surface area contributed by atoms with Gasteiger partial charge < -0.3 is 15.5 Å². The van der Waals surface area contributed by atoms with Gasteiger partial charge in [-0.25, -0.2) is 0 Å². The number of primary amides is 1. The molecule has 0 aliphatic carbocycles. The Balaban J connectivity index is 1.34. The standard InChI is InChI=1S/C23H25N4O2S/c1-15-20(19(10-24)21(30-15)22(25)28)23(29)27-13-17-11-26(12-18(17)14-27)9-5-8-16-6-3-2-4-7-16/h2-4,6-8,17-18H,5,9,11-14H2,1H3,(H2,25,28)/t17-,18?/m0/s1. The molecule has 7 heteroatoms. The Morgan fingerprint density at radius 3 is 2.47 bits per heavy atom. The summed E-state index contributed by atoms with van der Waals surface area (Å²) in [5, 5.41) is 9.48. The second-order valence-corrected chi connectivity index (χ2v) is 9.33. The lowest BCUT2D eigenvalue weighted by Gasteiger charge is -2.22. The molecule has 0 saturated carbocycles. The molecule has 2 amide bonds. The first-order chi connectivity index (χ1) is 14.5. The van der Waals surface area contributed by atoms with Crippen LogP contribution < -0.4 is 5.73 Å². The van der Waals surface area contributed by atoms with Crippen LogP contribution >= 0.6 is 11.3 Å². The van der Waals surface area contributed by atoms with E-state index in [0.29, 0.717) is 35.4 Å². The van der Waals surface area contributed by atoms with E-state index in [9.17, 15) is 14.9 Å². The van der Waals surface area contributed by atoms with Gasteiger partial charge in [-0.2, -0.15) is 5.26 Å². The van der Waals surface area contributed by atoms with Crippen LogP contribution in [0.25, 0.3) is 0 Å². The van der Waals surface area contributed by atoms with Crippen LogP contribution in [0.4, 0.5) is 0 Å². The molecule has 6 nitrogen and oxygen atoms in total. The number of hydrogen-bond donors (Lipinski definition) is 1. The fraction of sp³-hybridized carbons (Fsp3) is 0.391. The van der Waals surface area contributed by atoms with Gasteiger partial charge in [0.25, 0.3) is 11.8 Å². The maximum atomic E-state index is 13.1. The van der Waals surface area contributed by atoms with Crippen molar-refractivity contribution >= 4 is 23.2 Å². The van der Waals surface area contributed by atoms with Gasteiger partial charge in [-0.05, 0) is 43.7 Å². The summed E-state index contributed by atoms with van der Waals surface area (Å²) >= 11 is 1.13. The maximum absolute atomic E-state index is 13.1. The minimum Gasteiger partial charge on any atom is -0.365 e. The molecule has 0 spiro atoms. The number of rotatable bonds is 6. The highest BCUT2D eigenvalue weighted by molar-refractivity contribution is 7.14. The maximum Gasteiger partial charge on any atom is 0.260 e. The Kier molecular flexibility index (Phi) is 5.89. The summed E-state index contributed by atoms with van der Waals surface area (Å²) in [5.74, 6) is 0.127. The highest BCUT2D eigenvalue weighted by atomic mass is 32.1. The number of nitriles is 1. The van der Waals surface area contributed by atoms with E-state index in [1.807, 2.05) is 17.0 Å². The van der Waals surface area contributed by atoms with Gasteiger partial charge in [0, 0.05) is 31.1 Å². The zero-order chi connectivity index (χ0) is 21.3. The Morgan fingerprint density at radius 2 is 1.87 bits per heavy atom. The van der Waals surface area contributed by atoms with Gasteiger partial charge >= 0.3 is 0 Å². The average molecular weight is 422 g/mol. The van der Waals surface area contributed by atoms with Crippen LogP contribution in [-0.4, -0.2) is 54.3 Å². The van der Waals surface area contributed by atoms with E-state index in [0.717, 1.165) is 37.4 Å². The third kappa shape index (κ3) is 3.98. The Hall–Kier alpha value is -2.69. The molecular weight excluding hydrogens is 396 g/mol. The van der Waals surface area contributed by atoms with Gasteiger partial charge in [0.2, 0.25) is 0 Å². The minimum atomic E-state index is -0.653. The molecule has 2 fully saturated rings. The summed E-state index contributed by atoms with van der Waals surface area (Å²) in [6.45, 7) is 6.20. The topological polar surface area (TPSA) is 90.4 Å². The first-order valence-corrected chi connectivity index (χ1v) is 11.0. The summed E-state index contributed by atoms with van der Waals surface area (Å²) < 4.78 is 0. The number of nitrogens with zero attached hydrogens (tertiary/aromatic N) is 3. The summed E-state index contributed by atoms with van der Waals surface area (Å²) in [6, 6.07) is 12.4. The number of likely N-dealkylation sites (tertiary alicyclic amines) is 2. The number of benzene rings is 1. The van der Waals surface area contributed by atoms with Crippen LogP contribution in [0.2, 0.25) is 0 Å². The summed E-state index contributed by atoms with van der Waals surface area (Å²) in [7, 11) is 0. The molecule has 1 aromatic carbocycles. The molecule has 1 unspecified atom stereocenters. The largest absolute Gasteiger partial charge is 0.365 e. The second kappa shape index (κ2) is 8.58. The number of carbonyl (C=O) groups excluding carboxylic acids is 2. The first-order valence-electron chi connectivity index (χ1n) is 10.2. The van der Waals surface area contributed by atoms with Gasteiger partial charge in [-0.3, -0.25) is 9.59 Å². The van der Waals surface area contributed by atoms with Crippen molar-refractivity contribution in [2.45, 2.75) is 13.3 Å². The lowest BCUT2D eigenvalue weighted by Crippen LogP contribution is -2.34. The van der Waals surface area contributed by atoms with Crippen molar-refractivity contribution in [3.05, 3.63) is 63.2 Å². The third-order valence-electron chi connectivity index (χ3n) is 6.11. The van der Waals surface area contributed by atoms with Gasteiger partial charge in [0.1, 0.15) is 10.9 Å². The van der Waals surface area contributed by atoms with Crippen LogP contribution in [0.15, 0.2) is 30.3 Å². The lowest BCUT2D eigenvalue weighted by atomic mass is 10.0. The van der Waals surface area contributed by atoms with Crippen molar-refractivity contribution in [3.8, 4) is 6.07 Å². The van der Waals surface area contributed by atoms with Crippen molar-refractivity contribution in [2.75, 3.05) is 32.7 Å². The monoisotopic (exact) mass is 421 g/mol. The van der Waals surface area contributed by atoms with E-state index in [1.54, 1.807) is 6.92 Å². The SMILES string of the molecule is Cc1sc(C(N)=O)c(C#N)c1C(=O)N1CC2CN(CC[CH]c3ccccc3)C[C@H]2C1. The van der Waals surface area contributed by atoms with Gasteiger partial charge in [0.05, 0.1) is 11.1 Å². The summed E-state index contributed by atoms with van der Waals surface area (Å²) in [4.78, 5) is 29.9. The van der Waals surface area contributed by atoms with Crippen LogP contribution in [0.5, 0.6) is 0 Å². The highest BCUT2D eigenvalue weighted by Gasteiger charge is 2.42. The molecular formula is C23H25N4O2S. The van der Waals surface area contributed by atoms with Crippen LogP contribution in [0.3, 0.4) is 0 Å². The van der Waals surface area contributed by atoms with Crippen molar-refractivity contribution < 1.29 is 9.59 Å². The number of nitrogens with two attached hydrogens (primary N) is 1. The van der Waals surface area contributed by atoms with Crippen LogP contribution in [0.1, 0.15) is 42.5 Å². The van der Waals surface area contributed by atoms with E-state index in [2.05, 4.69) is 35.6 Å². The molecule has 2 aliphatic rings. The number of hydrogen-bond acceptors (Lipinski definition) is 5. The first kappa shape index (κ1) is 20.6. The molecule has 30 heavy (non-hydrogen) atoms. The minimum absolute atomic E-state index is 0.130. The van der Waals surface area contributed by atoms with Gasteiger partial charge in [0.15, 0.2) is 0 Å². The number of amides is 2. The van der Waals surface area contributed by atoms with E-state index in [1.165, 1.54) is 5.56 Å². The molecule has 2 atom stereocenters. The molecule has 2 aliphatic heterocycles. The Bertz CT molecular complexity index is 981. The predicted octanol–water partition coefficient (Wildman–Crippen LogP) is 2.67. The summed E-state index contributed by atoms with van der Waals surface area (Å²) in [5.41, 5.74) is 7.12. The molecule has 155 valence electrons. The fourth-order valence-corrected chi connectivity index (χ4v) is 5.63. The van der Waals surface area contributed by atoms with Crippen LogP contribution in [-0.2, 0) is 0 Å². The molecule has 1 radical (unpaired) electrons. The third-order valence-corrected chi connectivity index (χ3v) is 7.23. The zero-order valence-electron chi connectivity index (χ0n) is 17.0. The fourth-order valence-electron chi connectivity index (χ4n) is 4.68. The number of carbonyl (C=O) groups is 2. The van der Waals surface area contributed by atoms with Gasteiger partial charge in [-0.15, -0.1) is 11.3 Å². The van der Waals surface area contributed by atoms with E-state index < -0.39 is 5.91 Å². The molecule has 3 heterocycles.